The summed E-state index contributed by atoms with van der Waals surface area (Å²) in [5.74, 6) is 0.372. The van der Waals surface area contributed by atoms with Gasteiger partial charge in [-0.05, 0) is 67.9 Å². The van der Waals surface area contributed by atoms with Crippen LogP contribution in [0.1, 0.15) is 19.4 Å². The highest BCUT2D eigenvalue weighted by atomic mass is 32.2. The Morgan fingerprint density at radius 3 is 2.53 bits per heavy atom. The molecular weight excluding hydrogens is 480 g/mol. The van der Waals surface area contributed by atoms with Crippen LogP contribution in [-0.2, 0) is 21.2 Å². The Hall–Kier alpha value is -3.72. The zero-order valence-corrected chi connectivity index (χ0v) is 21.3. The number of sulfonamides is 1. The number of carbonyl (C=O) groups is 1. The molecule has 8 nitrogen and oxygen atoms in total. The van der Waals surface area contributed by atoms with E-state index in [1.54, 1.807) is 50.2 Å². The minimum atomic E-state index is -3.89. The first-order valence-corrected chi connectivity index (χ1v) is 13.1. The van der Waals surface area contributed by atoms with Gasteiger partial charge in [-0.2, -0.15) is 0 Å². The number of carboxylic acids is 1. The summed E-state index contributed by atoms with van der Waals surface area (Å²) in [5.41, 5.74) is 1.98. The third kappa shape index (κ3) is 5.57. The van der Waals surface area contributed by atoms with Gasteiger partial charge in [0, 0.05) is 13.1 Å². The normalized spacial score (nSPS) is 15.2. The molecule has 0 aliphatic carbocycles. The fraction of sp³-hybridized carbons (Fsp3) is 0.296. The molecule has 3 aromatic carbocycles. The van der Waals surface area contributed by atoms with Gasteiger partial charge < -0.3 is 19.5 Å². The minimum Gasteiger partial charge on any atom is -0.490 e. The Kier molecular flexibility index (Phi) is 7.40. The number of hydrogen-bond acceptors (Lipinski definition) is 6. The SMILES string of the molecule is CC(C)N(c1cccc(CC(=O)O)c1)S(=O)(=O)c1ccc(OC[C@@H]2CN(C)c3ccccc3O2)cc1. The highest BCUT2D eigenvalue weighted by Gasteiger charge is 2.28. The quantitative estimate of drug-likeness (QED) is 0.461. The fourth-order valence-electron chi connectivity index (χ4n) is 4.28. The summed E-state index contributed by atoms with van der Waals surface area (Å²) in [5, 5.41) is 9.10. The second kappa shape index (κ2) is 10.5. The van der Waals surface area contributed by atoms with Crippen LogP contribution in [0.4, 0.5) is 11.4 Å². The fourth-order valence-corrected chi connectivity index (χ4v) is 5.94. The number of ether oxygens (including phenoxy) is 2. The van der Waals surface area contributed by atoms with Gasteiger partial charge >= 0.3 is 5.97 Å². The van der Waals surface area contributed by atoms with Gasteiger partial charge in [-0.1, -0.05) is 24.3 Å². The number of nitrogens with zero attached hydrogens (tertiary/aromatic N) is 2. The number of anilines is 2. The number of para-hydroxylation sites is 2. The van der Waals surface area contributed by atoms with E-state index in [9.17, 15) is 13.2 Å². The van der Waals surface area contributed by atoms with Crippen LogP contribution in [0.5, 0.6) is 11.5 Å². The lowest BCUT2D eigenvalue weighted by Gasteiger charge is -2.33. The van der Waals surface area contributed by atoms with E-state index in [0.29, 0.717) is 30.2 Å². The molecule has 9 heteroatoms. The maximum Gasteiger partial charge on any atom is 0.307 e. The number of rotatable bonds is 9. The number of aliphatic carboxylic acids is 1. The molecule has 1 aliphatic rings. The Morgan fingerprint density at radius 2 is 1.83 bits per heavy atom. The predicted octanol–water partition coefficient (Wildman–Crippen LogP) is 4.19. The largest absolute Gasteiger partial charge is 0.490 e. The number of likely N-dealkylation sites (N-methyl/N-ethyl adjacent to an activating group) is 1. The van der Waals surface area contributed by atoms with E-state index in [0.717, 1.165) is 11.4 Å². The van der Waals surface area contributed by atoms with Crippen LogP contribution < -0.4 is 18.7 Å². The van der Waals surface area contributed by atoms with Crippen molar-refractivity contribution in [3.8, 4) is 11.5 Å². The van der Waals surface area contributed by atoms with E-state index in [2.05, 4.69) is 4.90 Å². The highest BCUT2D eigenvalue weighted by molar-refractivity contribution is 7.92. The lowest BCUT2D eigenvalue weighted by atomic mass is 10.1. The Morgan fingerprint density at radius 1 is 1.11 bits per heavy atom. The number of carboxylic acid groups (broad SMARTS) is 1. The van der Waals surface area contributed by atoms with E-state index in [1.165, 1.54) is 16.4 Å². The van der Waals surface area contributed by atoms with Crippen LogP contribution >= 0.6 is 0 Å². The number of benzene rings is 3. The van der Waals surface area contributed by atoms with Gasteiger partial charge in [-0.25, -0.2) is 8.42 Å². The number of fused-ring (bicyclic) bond motifs is 1. The van der Waals surface area contributed by atoms with E-state index in [-0.39, 0.29) is 23.5 Å². The summed E-state index contributed by atoms with van der Waals surface area (Å²) in [6.07, 6.45) is -0.347. The molecule has 0 saturated heterocycles. The summed E-state index contributed by atoms with van der Waals surface area (Å²) >= 11 is 0. The zero-order chi connectivity index (χ0) is 25.9. The average Bonchev–Trinajstić information content (AvgIpc) is 2.82. The summed E-state index contributed by atoms with van der Waals surface area (Å²) < 4.78 is 40.3. The van der Waals surface area contributed by atoms with Gasteiger partial charge in [0.25, 0.3) is 10.0 Å². The molecule has 1 N–H and O–H groups in total. The molecule has 0 bridgehead atoms. The summed E-state index contributed by atoms with van der Waals surface area (Å²) in [6.45, 7) is 4.55. The van der Waals surface area contributed by atoms with Crippen molar-refractivity contribution < 1.29 is 27.8 Å². The average molecular weight is 511 g/mol. The lowest BCUT2D eigenvalue weighted by Crippen LogP contribution is -2.41. The second-order valence-electron chi connectivity index (χ2n) is 9.01. The molecule has 3 aromatic rings. The van der Waals surface area contributed by atoms with Crippen LogP contribution in [-0.4, -0.2) is 51.8 Å². The van der Waals surface area contributed by atoms with E-state index >= 15 is 0 Å². The summed E-state index contributed by atoms with van der Waals surface area (Å²) in [6, 6.07) is 20.4. The third-order valence-corrected chi connectivity index (χ3v) is 7.87. The molecule has 1 heterocycles. The molecule has 4 rings (SSSR count). The molecule has 0 amide bonds. The van der Waals surface area contributed by atoms with Gasteiger partial charge in [-0.15, -0.1) is 0 Å². The minimum absolute atomic E-state index is 0.120. The number of hydrogen-bond donors (Lipinski definition) is 1. The van der Waals surface area contributed by atoms with Gasteiger partial charge in [0.2, 0.25) is 0 Å². The standard InChI is InChI=1S/C27H30N2O6S/c1-19(2)29(21-8-6-7-20(15-21)16-27(30)31)36(32,33)24-13-11-22(12-14-24)34-18-23-17-28(3)25-9-4-5-10-26(25)35-23/h4-15,19,23H,16-18H2,1-3H3,(H,30,31)/t23-/m0/s1. The van der Waals surface area contributed by atoms with Gasteiger partial charge in [0.05, 0.1) is 29.2 Å². The van der Waals surface area contributed by atoms with Gasteiger partial charge in [-0.3, -0.25) is 9.10 Å². The van der Waals surface area contributed by atoms with Crippen molar-refractivity contribution in [2.75, 3.05) is 29.4 Å². The molecular formula is C27H30N2O6S. The van der Waals surface area contributed by atoms with Crippen molar-refractivity contribution >= 4 is 27.4 Å². The Labute approximate surface area is 211 Å². The molecule has 0 radical (unpaired) electrons. The van der Waals surface area contributed by atoms with E-state index < -0.39 is 16.0 Å². The highest BCUT2D eigenvalue weighted by Crippen LogP contribution is 2.32. The molecule has 0 aromatic heterocycles. The maximum atomic E-state index is 13.5. The molecule has 0 fully saturated rings. The van der Waals surface area contributed by atoms with Crippen LogP contribution in [0.15, 0.2) is 77.7 Å². The van der Waals surface area contributed by atoms with Crippen molar-refractivity contribution in [3.63, 3.8) is 0 Å². The van der Waals surface area contributed by atoms with E-state index in [4.69, 9.17) is 14.6 Å². The Bertz CT molecular complexity index is 1320. The molecule has 190 valence electrons. The van der Waals surface area contributed by atoms with Gasteiger partial charge in [0.1, 0.15) is 24.2 Å². The zero-order valence-electron chi connectivity index (χ0n) is 20.5. The second-order valence-corrected chi connectivity index (χ2v) is 10.8. The molecule has 0 unspecified atom stereocenters. The van der Waals surface area contributed by atoms with Crippen molar-refractivity contribution in [1.29, 1.82) is 0 Å². The first-order chi connectivity index (χ1) is 17.1. The smallest absolute Gasteiger partial charge is 0.307 e. The topological polar surface area (TPSA) is 96.4 Å². The van der Waals surface area contributed by atoms with Crippen LogP contribution in [0.3, 0.4) is 0 Å². The predicted molar refractivity (Wildman–Crippen MR) is 139 cm³/mol. The summed E-state index contributed by atoms with van der Waals surface area (Å²) in [7, 11) is -1.89. The summed E-state index contributed by atoms with van der Waals surface area (Å²) in [4.78, 5) is 13.3. The third-order valence-electron chi connectivity index (χ3n) is 5.85. The van der Waals surface area contributed by atoms with E-state index in [1.807, 2.05) is 31.3 Å². The molecule has 0 spiro atoms. The lowest BCUT2D eigenvalue weighted by molar-refractivity contribution is -0.136. The van der Waals surface area contributed by atoms with Crippen molar-refractivity contribution in [2.45, 2.75) is 37.3 Å². The van der Waals surface area contributed by atoms with Gasteiger partial charge in [0.15, 0.2) is 0 Å². The first-order valence-electron chi connectivity index (χ1n) is 11.7. The van der Waals surface area contributed by atoms with Crippen molar-refractivity contribution in [2.24, 2.45) is 0 Å². The van der Waals surface area contributed by atoms with Crippen LogP contribution in [0, 0.1) is 0 Å². The first kappa shape index (κ1) is 25.4. The van der Waals surface area contributed by atoms with Crippen molar-refractivity contribution in [3.05, 3.63) is 78.4 Å². The van der Waals surface area contributed by atoms with Crippen molar-refractivity contribution in [1.82, 2.24) is 0 Å². The van der Waals surface area contributed by atoms with Crippen LogP contribution in [0.25, 0.3) is 0 Å². The maximum absolute atomic E-state index is 13.5. The molecule has 0 saturated carbocycles. The Balaban J connectivity index is 1.47. The molecule has 36 heavy (non-hydrogen) atoms. The van der Waals surface area contributed by atoms with Crippen LogP contribution in [0.2, 0.25) is 0 Å². The monoisotopic (exact) mass is 510 g/mol. The molecule has 1 aliphatic heterocycles. The molecule has 1 atom stereocenters.